The van der Waals surface area contributed by atoms with E-state index < -0.39 is 10.8 Å². The highest BCUT2D eigenvalue weighted by Crippen LogP contribution is 1.99. The van der Waals surface area contributed by atoms with Crippen molar-refractivity contribution in [2.75, 3.05) is 26.9 Å². The summed E-state index contributed by atoms with van der Waals surface area (Å²) in [6.45, 7) is 2.74. The van der Waals surface area contributed by atoms with Gasteiger partial charge in [-0.3, -0.25) is 9.59 Å². The van der Waals surface area contributed by atoms with E-state index in [4.69, 9.17) is 4.74 Å². The molecule has 88 valence electrons. The maximum atomic E-state index is 11.1. The fraction of sp³-hybridized carbons (Fsp3) is 0.778. The molecule has 0 aliphatic rings. The first-order valence-electron chi connectivity index (χ1n) is 4.68. The third kappa shape index (κ3) is 7.33. The zero-order valence-corrected chi connectivity index (χ0v) is 10.5. The minimum atomic E-state index is -0.516. The van der Waals surface area contributed by atoms with Crippen molar-refractivity contribution in [3.63, 3.8) is 0 Å². The summed E-state index contributed by atoms with van der Waals surface area (Å²) in [6.07, 6.45) is 0.872. The number of ether oxygens (including phenoxy) is 2. The van der Waals surface area contributed by atoms with Gasteiger partial charge in [0.2, 0.25) is 5.91 Å². The molecule has 5 nitrogen and oxygen atoms in total. The van der Waals surface area contributed by atoms with Crippen molar-refractivity contribution in [1.29, 1.82) is 0 Å². The number of nitrogens with one attached hydrogen (secondary N) is 1. The monoisotopic (exact) mass is 281 g/mol. The maximum absolute atomic E-state index is 11.1. The quantitative estimate of drug-likeness (QED) is 0.419. The van der Waals surface area contributed by atoms with Crippen LogP contribution in [0.3, 0.4) is 0 Å². The largest absolute Gasteiger partial charge is 0.468 e. The number of hydrogen-bond donors (Lipinski definition) is 1. The van der Waals surface area contributed by atoms with E-state index in [1.165, 1.54) is 7.11 Å². The maximum Gasteiger partial charge on any atom is 0.321 e. The number of esters is 1. The van der Waals surface area contributed by atoms with E-state index in [-0.39, 0.29) is 19.1 Å². The van der Waals surface area contributed by atoms with Crippen LogP contribution in [-0.2, 0) is 19.1 Å². The van der Waals surface area contributed by atoms with Crippen molar-refractivity contribution in [1.82, 2.24) is 5.32 Å². The normalized spacial score (nSPS) is 11.9. The minimum Gasteiger partial charge on any atom is -0.468 e. The third-order valence-corrected chi connectivity index (χ3v) is 2.21. The molecule has 0 aromatic rings. The topological polar surface area (TPSA) is 64.6 Å². The summed E-state index contributed by atoms with van der Waals surface area (Å²) in [5, 5.41) is 2.54. The molecule has 0 saturated carbocycles. The highest BCUT2D eigenvalue weighted by Gasteiger charge is 2.15. The first kappa shape index (κ1) is 14.4. The number of carbonyl (C=O) groups excluding carboxylic acids is 2. The van der Waals surface area contributed by atoms with E-state index in [1.54, 1.807) is 0 Å². The number of alkyl halides is 1. The van der Waals surface area contributed by atoms with Gasteiger partial charge < -0.3 is 14.8 Å². The Morgan fingerprint density at radius 2 is 2.13 bits per heavy atom. The van der Waals surface area contributed by atoms with E-state index in [2.05, 4.69) is 26.0 Å². The minimum absolute atomic E-state index is 0.0226. The summed E-state index contributed by atoms with van der Waals surface area (Å²) in [5.41, 5.74) is 0. The number of methoxy groups -OCH3 is 1. The van der Waals surface area contributed by atoms with Crippen molar-refractivity contribution in [2.45, 2.75) is 18.2 Å². The zero-order valence-electron chi connectivity index (χ0n) is 8.92. The van der Waals surface area contributed by atoms with Crippen LogP contribution in [0.4, 0.5) is 0 Å². The van der Waals surface area contributed by atoms with E-state index in [9.17, 15) is 9.59 Å². The van der Waals surface area contributed by atoms with Crippen LogP contribution < -0.4 is 5.32 Å². The van der Waals surface area contributed by atoms with Crippen molar-refractivity contribution in [2.24, 2.45) is 0 Å². The SMILES string of the molecule is CCCOCC(=O)NCC(Br)C(=O)OC. The Kier molecular flexibility index (Phi) is 8.31. The Balaban J connectivity index is 3.57. The van der Waals surface area contributed by atoms with Gasteiger partial charge in [-0.05, 0) is 6.42 Å². The molecule has 1 N–H and O–H groups in total. The molecule has 0 aliphatic heterocycles. The summed E-state index contributed by atoms with van der Waals surface area (Å²) >= 11 is 3.08. The van der Waals surface area contributed by atoms with Crippen LogP contribution in [0.5, 0.6) is 0 Å². The van der Waals surface area contributed by atoms with E-state index in [0.29, 0.717) is 6.61 Å². The molecule has 1 amide bonds. The van der Waals surface area contributed by atoms with Gasteiger partial charge in [-0.1, -0.05) is 22.9 Å². The van der Waals surface area contributed by atoms with Crippen LogP contribution >= 0.6 is 15.9 Å². The van der Waals surface area contributed by atoms with Gasteiger partial charge in [-0.25, -0.2) is 0 Å². The number of carbonyl (C=O) groups is 2. The lowest BCUT2D eigenvalue weighted by Gasteiger charge is -2.09. The fourth-order valence-electron chi connectivity index (χ4n) is 0.775. The summed E-state index contributed by atoms with van der Waals surface area (Å²) < 4.78 is 9.49. The number of rotatable bonds is 7. The van der Waals surface area contributed by atoms with Gasteiger partial charge in [0.05, 0.1) is 7.11 Å². The summed E-state index contributed by atoms with van der Waals surface area (Å²) in [7, 11) is 1.29. The van der Waals surface area contributed by atoms with Gasteiger partial charge in [0.15, 0.2) is 0 Å². The molecular weight excluding hydrogens is 266 g/mol. The summed E-state index contributed by atoms with van der Waals surface area (Å²) in [5.74, 6) is -0.651. The van der Waals surface area contributed by atoms with Crippen LogP contribution in [0, 0.1) is 0 Å². The number of amides is 1. The highest BCUT2D eigenvalue weighted by atomic mass is 79.9. The molecule has 0 aromatic heterocycles. The molecule has 0 heterocycles. The Morgan fingerprint density at radius 1 is 1.47 bits per heavy atom. The first-order valence-corrected chi connectivity index (χ1v) is 5.59. The van der Waals surface area contributed by atoms with Gasteiger partial charge in [-0.15, -0.1) is 0 Å². The lowest BCUT2D eigenvalue weighted by atomic mass is 10.4. The molecule has 0 spiro atoms. The van der Waals surface area contributed by atoms with Crippen LogP contribution in [0.25, 0.3) is 0 Å². The molecule has 0 fully saturated rings. The molecule has 1 atom stereocenters. The number of halogens is 1. The number of hydrogen-bond acceptors (Lipinski definition) is 4. The Labute approximate surface area is 97.6 Å². The van der Waals surface area contributed by atoms with E-state index in [1.807, 2.05) is 6.92 Å². The van der Waals surface area contributed by atoms with Crippen LogP contribution in [0.15, 0.2) is 0 Å². The predicted molar refractivity (Wildman–Crippen MR) is 58.9 cm³/mol. The standard InChI is InChI=1S/C9H16BrNO4/c1-3-4-15-6-8(12)11-5-7(10)9(13)14-2/h7H,3-6H2,1-2H3,(H,11,12). The molecule has 1 unspecified atom stereocenters. The van der Waals surface area contributed by atoms with Crippen molar-refractivity contribution in [3.8, 4) is 0 Å². The average Bonchev–Trinajstić information content (AvgIpc) is 2.25. The second kappa shape index (κ2) is 8.67. The van der Waals surface area contributed by atoms with Crippen LogP contribution in [0.1, 0.15) is 13.3 Å². The van der Waals surface area contributed by atoms with Crippen molar-refractivity contribution < 1.29 is 19.1 Å². The van der Waals surface area contributed by atoms with Crippen molar-refractivity contribution in [3.05, 3.63) is 0 Å². The lowest BCUT2D eigenvalue weighted by molar-refractivity contribution is -0.139. The first-order chi connectivity index (χ1) is 7.11. The third-order valence-electron chi connectivity index (χ3n) is 1.52. The van der Waals surface area contributed by atoms with Crippen molar-refractivity contribution >= 4 is 27.8 Å². The molecule has 0 aliphatic carbocycles. The molecule has 0 saturated heterocycles. The molecular formula is C9H16BrNO4. The van der Waals surface area contributed by atoms with Crippen LogP contribution in [-0.4, -0.2) is 43.6 Å². The lowest BCUT2D eigenvalue weighted by Crippen LogP contribution is -2.36. The molecule has 0 bridgehead atoms. The van der Waals surface area contributed by atoms with Gasteiger partial charge in [0, 0.05) is 13.2 Å². The summed E-state index contributed by atoms with van der Waals surface area (Å²) in [4.78, 5) is 21.5. The summed E-state index contributed by atoms with van der Waals surface area (Å²) in [6, 6.07) is 0. The second-order valence-corrected chi connectivity index (χ2v) is 3.95. The van der Waals surface area contributed by atoms with E-state index in [0.717, 1.165) is 6.42 Å². The molecule has 6 heteroatoms. The van der Waals surface area contributed by atoms with Crippen LogP contribution in [0.2, 0.25) is 0 Å². The zero-order chi connectivity index (χ0) is 11.7. The molecule has 0 radical (unpaired) electrons. The Hall–Kier alpha value is -0.620. The smallest absolute Gasteiger partial charge is 0.321 e. The predicted octanol–water partition coefficient (Wildman–Crippen LogP) is 0.466. The fourth-order valence-corrected chi connectivity index (χ4v) is 1.12. The highest BCUT2D eigenvalue weighted by molar-refractivity contribution is 9.10. The molecule has 0 aromatic carbocycles. The Morgan fingerprint density at radius 3 is 2.67 bits per heavy atom. The Bertz CT molecular complexity index is 210. The van der Waals surface area contributed by atoms with Gasteiger partial charge in [-0.2, -0.15) is 0 Å². The molecule has 15 heavy (non-hydrogen) atoms. The van der Waals surface area contributed by atoms with Gasteiger partial charge >= 0.3 is 5.97 Å². The average molecular weight is 282 g/mol. The molecule has 0 rings (SSSR count). The van der Waals surface area contributed by atoms with Gasteiger partial charge in [0.1, 0.15) is 11.4 Å². The second-order valence-electron chi connectivity index (χ2n) is 2.85. The van der Waals surface area contributed by atoms with E-state index >= 15 is 0 Å². The van der Waals surface area contributed by atoms with Gasteiger partial charge in [0.25, 0.3) is 0 Å².